The number of carbonyl (C=O) groups excluding carboxylic acids is 1. The number of benzene rings is 2. The molecule has 0 radical (unpaired) electrons. The average Bonchev–Trinajstić information content (AvgIpc) is 3.43. The lowest BCUT2D eigenvalue weighted by Gasteiger charge is -2.10. The quantitative estimate of drug-likeness (QED) is 0.446. The molecule has 0 saturated heterocycles. The van der Waals surface area contributed by atoms with Crippen LogP contribution in [0.3, 0.4) is 0 Å². The van der Waals surface area contributed by atoms with Crippen LogP contribution in [0.5, 0.6) is 0 Å². The van der Waals surface area contributed by atoms with Gasteiger partial charge in [0.15, 0.2) is 5.65 Å². The molecule has 0 fully saturated rings. The Morgan fingerprint density at radius 2 is 1.90 bits per heavy atom. The first-order chi connectivity index (χ1) is 15.2. The van der Waals surface area contributed by atoms with E-state index in [0.29, 0.717) is 34.5 Å². The molecule has 3 heterocycles. The van der Waals surface area contributed by atoms with E-state index in [4.69, 9.17) is 0 Å². The van der Waals surface area contributed by atoms with Gasteiger partial charge in [0.1, 0.15) is 11.1 Å². The van der Waals surface area contributed by atoms with Gasteiger partial charge in [-0.3, -0.25) is 9.59 Å². The molecular weight excluding hydrogens is 412 g/mol. The number of rotatable bonds is 5. The van der Waals surface area contributed by atoms with Gasteiger partial charge in [0, 0.05) is 11.8 Å². The zero-order valence-electron chi connectivity index (χ0n) is 16.1. The molecule has 2 N–H and O–H groups in total. The summed E-state index contributed by atoms with van der Waals surface area (Å²) < 4.78 is 1.53. The number of H-pyrrole nitrogens is 1. The third kappa shape index (κ3) is 3.74. The number of nitrogens with zero attached hydrogens (tertiary/aromatic N) is 4. The second kappa shape index (κ2) is 7.96. The van der Waals surface area contributed by atoms with Gasteiger partial charge in [0.2, 0.25) is 0 Å². The number of para-hydroxylation sites is 2. The van der Waals surface area contributed by atoms with Crippen molar-refractivity contribution in [1.29, 1.82) is 0 Å². The van der Waals surface area contributed by atoms with Gasteiger partial charge in [0.05, 0.1) is 28.9 Å². The second-order valence-electron chi connectivity index (χ2n) is 6.79. The van der Waals surface area contributed by atoms with E-state index in [-0.39, 0.29) is 11.5 Å². The summed E-state index contributed by atoms with van der Waals surface area (Å²) >= 11 is 1.45. The molecule has 8 nitrogen and oxygen atoms in total. The largest absolute Gasteiger partial charge is 0.319 e. The lowest BCUT2D eigenvalue weighted by Crippen LogP contribution is -2.15. The van der Waals surface area contributed by atoms with E-state index in [2.05, 4.69) is 25.4 Å². The summed E-state index contributed by atoms with van der Waals surface area (Å²) in [5.74, 6) is -0.315. The van der Waals surface area contributed by atoms with E-state index in [9.17, 15) is 9.59 Å². The Kier molecular flexibility index (Phi) is 4.85. The Bertz CT molecular complexity index is 1440. The number of nitrogens with one attached hydrogen (secondary N) is 2. The molecule has 0 unspecified atom stereocenters. The number of anilines is 1. The second-order valence-corrected chi connectivity index (χ2v) is 7.73. The van der Waals surface area contributed by atoms with E-state index in [1.165, 1.54) is 28.5 Å². The molecule has 5 rings (SSSR count). The van der Waals surface area contributed by atoms with Gasteiger partial charge < -0.3 is 10.3 Å². The molecule has 1 amide bonds. The monoisotopic (exact) mass is 428 g/mol. The number of aromatic amines is 1. The number of thiazole rings is 1. The van der Waals surface area contributed by atoms with Crippen molar-refractivity contribution in [3.63, 3.8) is 0 Å². The minimum atomic E-state index is -0.315. The molecule has 2 aromatic carbocycles. The first kappa shape index (κ1) is 18.9. The SMILES string of the molecule is O=C(Nc1ccccc1-n1ncc2c(=O)[nH]cnc21)c1csc(Cc2ccccc2)n1. The van der Waals surface area contributed by atoms with Crippen LogP contribution in [0.25, 0.3) is 16.7 Å². The van der Waals surface area contributed by atoms with Crippen LogP contribution in [-0.2, 0) is 6.42 Å². The number of amides is 1. The highest BCUT2D eigenvalue weighted by Gasteiger charge is 2.16. The van der Waals surface area contributed by atoms with Crippen molar-refractivity contribution in [1.82, 2.24) is 24.7 Å². The molecule has 3 aromatic heterocycles. The first-order valence-electron chi connectivity index (χ1n) is 9.49. The zero-order chi connectivity index (χ0) is 21.2. The fourth-order valence-corrected chi connectivity index (χ4v) is 4.06. The molecule has 0 aliphatic heterocycles. The van der Waals surface area contributed by atoms with E-state index in [1.54, 1.807) is 17.5 Å². The summed E-state index contributed by atoms with van der Waals surface area (Å²) in [6.07, 6.45) is 3.46. The Morgan fingerprint density at radius 3 is 2.77 bits per heavy atom. The van der Waals surface area contributed by atoms with Gasteiger partial charge in [0.25, 0.3) is 11.5 Å². The van der Waals surface area contributed by atoms with Crippen LogP contribution in [0.1, 0.15) is 21.1 Å². The first-order valence-corrected chi connectivity index (χ1v) is 10.4. The summed E-state index contributed by atoms with van der Waals surface area (Å²) in [6.45, 7) is 0. The standard InChI is InChI=1S/C22H16N6O2S/c29-21-15-11-25-28(20(15)23-13-24-21)18-9-5-4-8-16(18)27-22(30)17-12-31-19(26-17)10-14-6-2-1-3-7-14/h1-9,11-13H,10H2,(H,27,30)(H,23,24,29). The predicted molar refractivity (Wildman–Crippen MR) is 119 cm³/mol. The topological polar surface area (TPSA) is 106 Å². The van der Waals surface area contributed by atoms with Crippen LogP contribution >= 0.6 is 11.3 Å². The van der Waals surface area contributed by atoms with Crippen molar-refractivity contribution in [2.75, 3.05) is 5.32 Å². The molecule has 0 aliphatic carbocycles. The van der Waals surface area contributed by atoms with Crippen LogP contribution in [0, 0.1) is 0 Å². The molecule has 152 valence electrons. The fourth-order valence-electron chi connectivity index (χ4n) is 3.25. The minimum absolute atomic E-state index is 0.272. The highest BCUT2D eigenvalue weighted by molar-refractivity contribution is 7.09. The van der Waals surface area contributed by atoms with Crippen LogP contribution in [-0.4, -0.2) is 30.6 Å². The van der Waals surface area contributed by atoms with Crippen LogP contribution < -0.4 is 10.9 Å². The maximum atomic E-state index is 12.9. The molecule has 0 aliphatic rings. The van der Waals surface area contributed by atoms with Gasteiger partial charge >= 0.3 is 0 Å². The number of aromatic nitrogens is 5. The summed E-state index contributed by atoms with van der Waals surface area (Å²) in [6, 6.07) is 17.2. The minimum Gasteiger partial charge on any atom is -0.319 e. The Balaban J connectivity index is 1.42. The van der Waals surface area contributed by atoms with Crippen molar-refractivity contribution < 1.29 is 4.79 Å². The van der Waals surface area contributed by atoms with Crippen molar-refractivity contribution in [2.24, 2.45) is 0 Å². The van der Waals surface area contributed by atoms with E-state index in [0.717, 1.165) is 10.6 Å². The molecule has 5 aromatic rings. The molecule has 0 atom stereocenters. The number of carbonyl (C=O) groups is 1. The summed E-state index contributed by atoms with van der Waals surface area (Å²) in [5, 5.41) is 10.2. The number of fused-ring (bicyclic) bond motifs is 1. The third-order valence-electron chi connectivity index (χ3n) is 4.73. The highest BCUT2D eigenvalue weighted by atomic mass is 32.1. The predicted octanol–water partition coefficient (Wildman–Crippen LogP) is 3.41. The summed E-state index contributed by atoms with van der Waals surface area (Å²) in [7, 11) is 0. The van der Waals surface area contributed by atoms with Gasteiger partial charge in [-0.25, -0.2) is 14.6 Å². The molecule has 0 saturated carbocycles. The molecule has 9 heteroatoms. The van der Waals surface area contributed by atoms with E-state index < -0.39 is 0 Å². The van der Waals surface area contributed by atoms with Crippen molar-refractivity contribution in [3.05, 3.63) is 99.1 Å². The Morgan fingerprint density at radius 1 is 1.10 bits per heavy atom. The third-order valence-corrected chi connectivity index (χ3v) is 5.58. The smallest absolute Gasteiger partial charge is 0.275 e. The zero-order valence-corrected chi connectivity index (χ0v) is 17.0. The highest BCUT2D eigenvalue weighted by Crippen LogP contribution is 2.23. The van der Waals surface area contributed by atoms with Gasteiger partial charge in [-0.1, -0.05) is 42.5 Å². The van der Waals surface area contributed by atoms with Gasteiger partial charge in [-0.2, -0.15) is 5.10 Å². The molecular formula is C22H16N6O2S. The maximum Gasteiger partial charge on any atom is 0.275 e. The van der Waals surface area contributed by atoms with E-state index >= 15 is 0 Å². The molecule has 31 heavy (non-hydrogen) atoms. The maximum absolute atomic E-state index is 12.9. The Hall–Kier alpha value is -4.11. The van der Waals surface area contributed by atoms with Gasteiger partial charge in [-0.05, 0) is 17.7 Å². The number of hydrogen-bond donors (Lipinski definition) is 2. The van der Waals surface area contributed by atoms with Crippen molar-refractivity contribution in [2.45, 2.75) is 6.42 Å². The average molecular weight is 428 g/mol. The van der Waals surface area contributed by atoms with Crippen molar-refractivity contribution in [3.8, 4) is 5.69 Å². The van der Waals surface area contributed by atoms with E-state index in [1.807, 2.05) is 42.5 Å². The number of hydrogen-bond acceptors (Lipinski definition) is 6. The summed E-state index contributed by atoms with van der Waals surface area (Å²) in [5.41, 5.74) is 2.77. The van der Waals surface area contributed by atoms with Crippen molar-refractivity contribution >= 4 is 34.0 Å². The fraction of sp³-hybridized carbons (Fsp3) is 0.0455. The molecule has 0 bridgehead atoms. The van der Waals surface area contributed by atoms with Crippen LogP contribution in [0.2, 0.25) is 0 Å². The van der Waals surface area contributed by atoms with Crippen LogP contribution in [0.4, 0.5) is 5.69 Å². The lowest BCUT2D eigenvalue weighted by molar-refractivity contribution is 0.102. The van der Waals surface area contributed by atoms with Gasteiger partial charge in [-0.15, -0.1) is 11.3 Å². The normalized spacial score (nSPS) is 11.0. The van der Waals surface area contributed by atoms with Crippen LogP contribution in [0.15, 0.2) is 77.3 Å². The lowest BCUT2D eigenvalue weighted by atomic mass is 10.2. The Labute approximate surface area is 180 Å². The summed E-state index contributed by atoms with van der Waals surface area (Å²) in [4.78, 5) is 36.1. The molecule has 0 spiro atoms.